The van der Waals surface area contributed by atoms with Gasteiger partial charge >= 0.3 is 5.69 Å². The van der Waals surface area contributed by atoms with Gasteiger partial charge in [-0.2, -0.15) is 5.26 Å². The molecule has 6 nitrogen and oxygen atoms in total. The predicted octanol–water partition coefficient (Wildman–Crippen LogP) is 3.56. The second-order valence-corrected chi connectivity index (χ2v) is 4.42. The molecular weight excluding hydrogens is 333 g/mol. The summed E-state index contributed by atoms with van der Waals surface area (Å²) < 4.78 is 18.6. The first-order chi connectivity index (χ1) is 9.52. The Morgan fingerprint density at radius 3 is 2.90 bits per heavy atom. The van der Waals surface area contributed by atoms with E-state index in [1.165, 1.54) is 18.3 Å². The highest BCUT2D eigenvalue weighted by molar-refractivity contribution is 9.10. The second kappa shape index (κ2) is 5.63. The molecule has 0 atom stereocenters. The smallest absolute Gasteiger partial charge is 0.312 e. The highest BCUT2D eigenvalue weighted by Crippen LogP contribution is 2.35. The lowest BCUT2D eigenvalue weighted by atomic mass is 10.2. The Morgan fingerprint density at radius 2 is 2.25 bits per heavy atom. The van der Waals surface area contributed by atoms with E-state index < -0.39 is 16.4 Å². The fourth-order valence-corrected chi connectivity index (χ4v) is 1.74. The molecule has 0 aliphatic heterocycles. The molecule has 0 bridgehead atoms. The van der Waals surface area contributed by atoms with Crippen molar-refractivity contribution in [3.8, 4) is 17.7 Å². The van der Waals surface area contributed by atoms with Gasteiger partial charge in [-0.15, -0.1) is 0 Å². The van der Waals surface area contributed by atoms with Crippen LogP contribution in [0.3, 0.4) is 0 Å². The van der Waals surface area contributed by atoms with Gasteiger partial charge in [-0.25, -0.2) is 9.37 Å². The lowest BCUT2D eigenvalue weighted by Gasteiger charge is -2.07. The molecule has 0 radical (unpaired) electrons. The van der Waals surface area contributed by atoms with Crippen LogP contribution >= 0.6 is 15.9 Å². The van der Waals surface area contributed by atoms with Crippen LogP contribution in [-0.4, -0.2) is 9.91 Å². The number of rotatable bonds is 3. The molecular formula is C12H5BrFN3O3. The number of benzene rings is 1. The number of pyridine rings is 1. The van der Waals surface area contributed by atoms with Gasteiger partial charge in [0.05, 0.1) is 9.40 Å². The van der Waals surface area contributed by atoms with Gasteiger partial charge in [0.1, 0.15) is 17.4 Å². The maximum absolute atomic E-state index is 13.5. The fourth-order valence-electron chi connectivity index (χ4n) is 1.40. The van der Waals surface area contributed by atoms with Crippen LogP contribution in [0, 0.1) is 27.3 Å². The monoisotopic (exact) mass is 337 g/mol. The van der Waals surface area contributed by atoms with E-state index >= 15 is 0 Å². The minimum absolute atomic E-state index is 0.0573. The van der Waals surface area contributed by atoms with Gasteiger partial charge in [-0.05, 0) is 28.1 Å². The number of hydrogen-bond donors (Lipinski definition) is 0. The number of aromatic nitrogens is 1. The van der Waals surface area contributed by atoms with Crippen molar-refractivity contribution in [2.45, 2.75) is 0 Å². The van der Waals surface area contributed by atoms with E-state index in [2.05, 4.69) is 20.9 Å². The Bertz CT molecular complexity index is 730. The van der Waals surface area contributed by atoms with Crippen LogP contribution in [0.2, 0.25) is 0 Å². The van der Waals surface area contributed by atoms with Crippen molar-refractivity contribution in [3.63, 3.8) is 0 Å². The molecule has 1 aromatic carbocycles. The molecule has 2 rings (SSSR count). The molecule has 0 N–H and O–H groups in total. The average Bonchev–Trinajstić information content (AvgIpc) is 2.43. The Kier molecular flexibility index (Phi) is 3.91. The van der Waals surface area contributed by atoms with Gasteiger partial charge in [0, 0.05) is 18.3 Å². The van der Waals surface area contributed by atoms with Gasteiger partial charge in [0.2, 0.25) is 11.6 Å². The molecule has 0 fully saturated rings. The molecule has 0 amide bonds. The third-order valence-corrected chi connectivity index (χ3v) is 2.90. The highest BCUT2D eigenvalue weighted by atomic mass is 79.9. The Morgan fingerprint density at radius 1 is 1.50 bits per heavy atom. The van der Waals surface area contributed by atoms with Crippen LogP contribution in [0.25, 0.3) is 0 Å². The third-order valence-electron chi connectivity index (χ3n) is 2.30. The normalized spacial score (nSPS) is 9.85. The first-order valence-corrected chi connectivity index (χ1v) is 5.98. The number of nitro benzene ring substituents is 1. The van der Waals surface area contributed by atoms with Crippen molar-refractivity contribution in [1.82, 2.24) is 4.98 Å². The first kappa shape index (κ1) is 13.9. The second-order valence-electron chi connectivity index (χ2n) is 3.56. The van der Waals surface area contributed by atoms with E-state index in [-0.39, 0.29) is 21.7 Å². The van der Waals surface area contributed by atoms with E-state index in [9.17, 15) is 14.5 Å². The summed E-state index contributed by atoms with van der Waals surface area (Å²) in [7, 11) is 0. The third kappa shape index (κ3) is 2.73. The predicted molar refractivity (Wildman–Crippen MR) is 69.8 cm³/mol. The van der Waals surface area contributed by atoms with Crippen molar-refractivity contribution >= 4 is 21.6 Å². The molecule has 0 saturated carbocycles. The van der Waals surface area contributed by atoms with Crippen LogP contribution in [0.5, 0.6) is 11.6 Å². The molecule has 8 heteroatoms. The van der Waals surface area contributed by atoms with E-state index in [4.69, 9.17) is 10.00 Å². The van der Waals surface area contributed by atoms with Crippen LogP contribution in [0.4, 0.5) is 10.1 Å². The first-order valence-electron chi connectivity index (χ1n) is 5.19. The molecule has 0 aliphatic carbocycles. The van der Waals surface area contributed by atoms with Crippen molar-refractivity contribution in [1.29, 1.82) is 5.26 Å². The summed E-state index contributed by atoms with van der Waals surface area (Å²) in [6.45, 7) is 0. The van der Waals surface area contributed by atoms with Gasteiger partial charge in [0.25, 0.3) is 0 Å². The SMILES string of the molecule is N#Cc1cccnc1Oc1cc(F)c(Br)cc1[N+](=O)[O-]. The van der Waals surface area contributed by atoms with Crippen LogP contribution < -0.4 is 4.74 Å². The summed E-state index contributed by atoms with van der Waals surface area (Å²) in [6.07, 6.45) is 1.36. The average molecular weight is 338 g/mol. The molecule has 0 spiro atoms. The lowest BCUT2D eigenvalue weighted by Crippen LogP contribution is -1.97. The van der Waals surface area contributed by atoms with E-state index in [1.807, 2.05) is 6.07 Å². The van der Waals surface area contributed by atoms with Gasteiger partial charge < -0.3 is 4.74 Å². The van der Waals surface area contributed by atoms with Crippen molar-refractivity contribution < 1.29 is 14.1 Å². The summed E-state index contributed by atoms with van der Waals surface area (Å²) in [5.74, 6) is -1.18. The molecule has 0 unspecified atom stereocenters. The number of nitro groups is 1. The van der Waals surface area contributed by atoms with E-state index in [0.29, 0.717) is 0 Å². The van der Waals surface area contributed by atoms with E-state index in [1.54, 1.807) is 0 Å². The standard InChI is InChI=1S/C12H5BrFN3O3/c13-8-4-10(17(18)19)11(5-9(8)14)20-12-7(6-15)2-1-3-16-12/h1-5H. The number of halogens is 2. The summed E-state index contributed by atoms with van der Waals surface area (Å²) in [5.41, 5.74) is -0.349. The summed E-state index contributed by atoms with van der Waals surface area (Å²) in [5, 5.41) is 19.8. The topological polar surface area (TPSA) is 89.0 Å². The van der Waals surface area contributed by atoms with Crippen molar-refractivity contribution in [3.05, 3.63) is 56.4 Å². The minimum Gasteiger partial charge on any atom is -0.430 e. The van der Waals surface area contributed by atoms with Crippen LogP contribution in [-0.2, 0) is 0 Å². The van der Waals surface area contributed by atoms with Gasteiger partial charge in [0.15, 0.2) is 0 Å². The Balaban J connectivity index is 2.51. The molecule has 20 heavy (non-hydrogen) atoms. The summed E-state index contributed by atoms with van der Waals surface area (Å²) in [6, 6.07) is 6.62. The summed E-state index contributed by atoms with van der Waals surface area (Å²) >= 11 is 2.86. The quantitative estimate of drug-likeness (QED) is 0.631. The maximum atomic E-state index is 13.5. The Labute approximate surface area is 120 Å². The highest BCUT2D eigenvalue weighted by Gasteiger charge is 2.21. The zero-order chi connectivity index (χ0) is 14.7. The van der Waals surface area contributed by atoms with E-state index in [0.717, 1.165) is 12.1 Å². The number of ether oxygens (including phenoxy) is 1. The summed E-state index contributed by atoms with van der Waals surface area (Å²) in [4.78, 5) is 14.0. The number of nitriles is 1. The van der Waals surface area contributed by atoms with Gasteiger partial charge in [-0.3, -0.25) is 10.1 Å². The van der Waals surface area contributed by atoms with Crippen molar-refractivity contribution in [2.75, 3.05) is 0 Å². The molecule has 2 aromatic rings. The van der Waals surface area contributed by atoms with Crippen LogP contribution in [0.15, 0.2) is 34.9 Å². The molecule has 1 heterocycles. The van der Waals surface area contributed by atoms with Crippen LogP contribution in [0.1, 0.15) is 5.56 Å². The molecule has 1 aromatic heterocycles. The number of nitrogens with zero attached hydrogens (tertiary/aromatic N) is 3. The molecule has 0 aliphatic rings. The Hall–Kier alpha value is -2.53. The molecule has 0 saturated heterocycles. The largest absolute Gasteiger partial charge is 0.430 e. The maximum Gasteiger partial charge on any atom is 0.312 e. The van der Waals surface area contributed by atoms with Gasteiger partial charge in [-0.1, -0.05) is 0 Å². The number of hydrogen-bond acceptors (Lipinski definition) is 5. The zero-order valence-corrected chi connectivity index (χ0v) is 11.3. The zero-order valence-electron chi connectivity index (χ0n) is 9.71. The fraction of sp³-hybridized carbons (Fsp3) is 0. The van der Waals surface area contributed by atoms with Crippen molar-refractivity contribution in [2.24, 2.45) is 0 Å². The lowest BCUT2D eigenvalue weighted by molar-refractivity contribution is -0.385. The molecule has 100 valence electrons. The minimum atomic E-state index is -0.722.